The Morgan fingerprint density at radius 1 is 1.63 bits per heavy atom. The summed E-state index contributed by atoms with van der Waals surface area (Å²) in [6.45, 7) is 2.44. The van der Waals surface area contributed by atoms with Crippen LogP contribution in [0.25, 0.3) is 10.4 Å². The zero-order chi connectivity index (χ0) is 14.3. The van der Waals surface area contributed by atoms with E-state index in [4.69, 9.17) is 11.3 Å². The second-order valence-electron chi connectivity index (χ2n) is 4.11. The van der Waals surface area contributed by atoms with Crippen molar-refractivity contribution >= 4 is 5.91 Å². The molecule has 0 saturated carbocycles. The van der Waals surface area contributed by atoms with Gasteiger partial charge in [0, 0.05) is 11.5 Å². The van der Waals surface area contributed by atoms with Crippen LogP contribution in [0.2, 0.25) is 0 Å². The molecule has 0 spiro atoms. The van der Waals surface area contributed by atoms with Crippen LogP contribution in [0.15, 0.2) is 23.3 Å². The number of hydrogen-bond acceptors (Lipinski definition) is 3. The highest BCUT2D eigenvalue weighted by molar-refractivity contribution is 5.81. The molecular weight excluding hydrogens is 249 g/mol. The molecule has 0 aliphatic rings. The predicted octanol–water partition coefficient (Wildman–Crippen LogP) is 1.95. The quantitative estimate of drug-likeness (QED) is 0.340. The molecule has 1 aromatic carbocycles. The minimum Gasteiger partial charge on any atom is -0.368 e. The third-order valence-electron chi connectivity index (χ3n) is 2.65. The van der Waals surface area contributed by atoms with Crippen molar-refractivity contribution in [1.82, 2.24) is 5.32 Å². The van der Waals surface area contributed by atoms with Crippen LogP contribution in [-0.2, 0) is 4.79 Å². The van der Waals surface area contributed by atoms with E-state index in [1.807, 2.05) is 0 Å². The van der Waals surface area contributed by atoms with E-state index in [0.717, 1.165) is 0 Å². The lowest BCUT2D eigenvalue weighted by Crippen LogP contribution is -2.34. The number of nitrogens with two attached hydrogens (primary N) is 1. The summed E-state index contributed by atoms with van der Waals surface area (Å²) in [5, 5.41) is 6.35. The molecule has 0 saturated heterocycles. The van der Waals surface area contributed by atoms with Gasteiger partial charge in [0.1, 0.15) is 11.9 Å². The first-order valence-corrected chi connectivity index (χ1v) is 5.86. The van der Waals surface area contributed by atoms with E-state index in [9.17, 15) is 9.18 Å². The number of amides is 1. The molecule has 1 unspecified atom stereocenters. The molecule has 0 fully saturated rings. The topological polar surface area (TPSA) is 104 Å². The average Bonchev–Trinajstić information content (AvgIpc) is 2.37. The van der Waals surface area contributed by atoms with Crippen molar-refractivity contribution in [3.8, 4) is 0 Å². The van der Waals surface area contributed by atoms with Gasteiger partial charge in [-0.05, 0) is 42.6 Å². The number of nitrogens with one attached hydrogen (secondary N) is 1. The zero-order valence-electron chi connectivity index (χ0n) is 10.6. The Morgan fingerprint density at radius 3 is 2.95 bits per heavy atom. The van der Waals surface area contributed by atoms with Gasteiger partial charge in [-0.25, -0.2) is 4.39 Å². The summed E-state index contributed by atoms with van der Waals surface area (Å²) in [5.74, 6) is -0.856. The van der Waals surface area contributed by atoms with Gasteiger partial charge in [-0.3, -0.25) is 4.79 Å². The third-order valence-corrected chi connectivity index (χ3v) is 2.65. The second-order valence-corrected chi connectivity index (χ2v) is 4.11. The first kappa shape index (κ1) is 14.9. The number of carbonyl (C=O) groups is 1. The monoisotopic (exact) mass is 265 g/mol. The summed E-state index contributed by atoms with van der Waals surface area (Å²) in [4.78, 5) is 14.0. The van der Waals surface area contributed by atoms with Gasteiger partial charge in [-0.15, -0.1) is 0 Å². The molecule has 0 aliphatic carbocycles. The number of primary amides is 1. The van der Waals surface area contributed by atoms with Gasteiger partial charge < -0.3 is 11.1 Å². The Kier molecular flexibility index (Phi) is 5.78. The molecule has 0 aliphatic heterocycles. The Morgan fingerprint density at radius 2 is 2.37 bits per heavy atom. The zero-order valence-corrected chi connectivity index (χ0v) is 10.6. The highest BCUT2D eigenvalue weighted by atomic mass is 19.1. The fraction of sp³-hybridized carbons (Fsp3) is 0.417. The van der Waals surface area contributed by atoms with Crippen LogP contribution in [0.1, 0.15) is 23.6 Å². The second kappa shape index (κ2) is 7.35. The van der Waals surface area contributed by atoms with Gasteiger partial charge in [0.15, 0.2) is 0 Å². The van der Waals surface area contributed by atoms with Crippen molar-refractivity contribution in [2.45, 2.75) is 19.4 Å². The van der Waals surface area contributed by atoms with Crippen molar-refractivity contribution in [2.75, 3.05) is 13.1 Å². The van der Waals surface area contributed by atoms with Crippen molar-refractivity contribution < 1.29 is 9.18 Å². The Bertz CT molecular complexity index is 499. The van der Waals surface area contributed by atoms with Crippen LogP contribution in [-0.4, -0.2) is 19.0 Å². The number of nitrogens with zero attached hydrogens (tertiary/aromatic N) is 3. The first-order chi connectivity index (χ1) is 9.06. The third kappa shape index (κ3) is 4.57. The lowest BCUT2D eigenvalue weighted by atomic mass is 10.0. The van der Waals surface area contributed by atoms with Gasteiger partial charge in [-0.2, -0.15) is 0 Å². The molecule has 1 rings (SSSR count). The summed E-state index contributed by atoms with van der Waals surface area (Å²) in [5.41, 5.74) is 14.5. The Hall–Kier alpha value is -2.11. The molecule has 102 valence electrons. The minimum absolute atomic E-state index is 0.324. The van der Waals surface area contributed by atoms with E-state index in [0.29, 0.717) is 30.6 Å². The van der Waals surface area contributed by atoms with Gasteiger partial charge in [0.05, 0.1) is 0 Å². The molecule has 3 N–H and O–H groups in total. The molecule has 0 radical (unpaired) electrons. The van der Waals surface area contributed by atoms with Crippen LogP contribution in [0.4, 0.5) is 4.39 Å². The summed E-state index contributed by atoms with van der Waals surface area (Å²) in [7, 11) is 0. The maximum atomic E-state index is 13.2. The Labute approximate surface area is 110 Å². The number of aryl methyl sites for hydroxylation is 1. The summed E-state index contributed by atoms with van der Waals surface area (Å²) in [6, 6.07) is 3.75. The molecule has 1 aromatic rings. The molecule has 0 aromatic heterocycles. The van der Waals surface area contributed by atoms with E-state index in [1.54, 1.807) is 13.0 Å². The van der Waals surface area contributed by atoms with Crippen LogP contribution in [0.5, 0.6) is 0 Å². The summed E-state index contributed by atoms with van der Waals surface area (Å²) in [6.07, 6.45) is 0.591. The van der Waals surface area contributed by atoms with E-state index in [-0.39, 0.29) is 5.82 Å². The number of carbonyl (C=O) groups excluding carboxylic acids is 1. The van der Waals surface area contributed by atoms with Gasteiger partial charge in [0.2, 0.25) is 5.91 Å². The number of halogens is 1. The van der Waals surface area contributed by atoms with Crippen molar-refractivity contribution in [2.24, 2.45) is 10.8 Å². The Balaban J connectivity index is 2.69. The highest BCUT2D eigenvalue weighted by Crippen LogP contribution is 2.16. The standard InChI is InChI=1S/C12H16FN5O/c1-8-7-9(3-4-10(8)13)11(12(14)19)16-5-2-6-17-18-15/h3-4,7,11,16H,2,5-6H2,1H3,(H2,14,19). The molecule has 19 heavy (non-hydrogen) atoms. The summed E-state index contributed by atoms with van der Waals surface area (Å²) >= 11 is 0. The molecule has 7 heteroatoms. The lowest BCUT2D eigenvalue weighted by Gasteiger charge is -2.16. The molecule has 6 nitrogen and oxygen atoms in total. The van der Waals surface area contributed by atoms with Crippen LogP contribution in [0.3, 0.4) is 0 Å². The van der Waals surface area contributed by atoms with Gasteiger partial charge in [0.25, 0.3) is 0 Å². The van der Waals surface area contributed by atoms with E-state index < -0.39 is 11.9 Å². The highest BCUT2D eigenvalue weighted by Gasteiger charge is 2.17. The van der Waals surface area contributed by atoms with E-state index in [2.05, 4.69) is 15.3 Å². The number of rotatable bonds is 7. The van der Waals surface area contributed by atoms with Crippen LogP contribution in [0, 0.1) is 12.7 Å². The summed E-state index contributed by atoms with van der Waals surface area (Å²) < 4.78 is 13.2. The van der Waals surface area contributed by atoms with Gasteiger partial charge in [-0.1, -0.05) is 17.2 Å². The largest absolute Gasteiger partial charge is 0.368 e. The van der Waals surface area contributed by atoms with Crippen molar-refractivity contribution in [3.63, 3.8) is 0 Å². The average molecular weight is 265 g/mol. The predicted molar refractivity (Wildman–Crippen MR) is 69.7 cm³/mol. The smallest absolute Gasteiger partial charge is 0.239 e. The van der Waals surface area contributed by atoms with Crippen LogP contribution < -0.4 is 11.1 Å². The first-order valence-electron chi connectivity index (χ1n) is 5.86. The van der Waals surface area contributed by atoms with Crippen LogP contribution >= 0.6 is 0 Å². The van der Waals surface area contributed by atoms with Crippen molar-refractivity contribution in [3.05, 3.63) is 45.6 Å². The number of hydrogen-bond donors (Lipinski definition) is 2. The molecule has 0 bridgehead atoms. The fourth-order valence-corrected chi connectivity index (χ4v) is 1.67. The molecule has 1 atom stereocenters. The van der Waals surface area contributed by atoms with E-state index in [1.165, 1.54) is 12.1 Å². The number of benzene rings is 1. The van der Waals surface area contributed by atoms with Crippen molar-refractivity contribution in [1.29, 1.82) is 0 Å². The SMILES string of the molecule is Cc1cc(C(NCCCN=[N+]=[N-])C(N)=O)ccc1F. The fourth-order valence-electron chi connectivity index (χ4n) is 1.67. The number of azide groups is 1. The minimum atomic E-state index is -0.676. The molecule has 0 heterocycles. The molecular formula is C12H16FN5O. The maximum absolute atomic E-state index is 13.2. The lowest BCUT2D eigenvalue weighted by molar-refractivity contribution is -0.120. The molecule has 1 amide bonds. The normalized spacial score (nSPS) is 11.7. The maximum Gasteiger partial charge on any atom is 0.239 e. The van der Waals surface area contributed by atoms with Gasteiger partial charge >= 0.3 is 0 Å². The van der Waals surface area contributed by atoms with E-state index >= 15 is 0 Å².